The lowest BCUT2D eigenvalue weighted by Crippen LogP contribution is -2.23. The minimum atomic E-state index is -4.67. The van der Waals surface area contributed by atoms with Crippen LogP contribution in [-0.2, 0) is 23.4 Å². The van der Waals surface area contributed by atoms with Crippen molar-refractivity contribution in [2.75, 3.05) is 13.2 Å². The highest BCUT2D eigenvalue weighted by atomic mass is 31.2. The maximum Gasteiger partial charge on any atom is 0.469 e. The second kappa shape index (κ2) is 7.36. The molecule has 0 aliphatic heterocycles. The molecule has 0 aromatic rings. The van der Waals surface area contributed by atoms with Gasteiger partial charge in [-0.2, -0.15) is 0 Å². The fraction of sp³-hybridized carbons (Fsp3) is 0.714. The molecule has 0 bridgehead atoms. The zero-order valence-corrected chi connectivity index (χ0v) is 9.58. The van der Waals surface area contributed by atoms with Gasteiger partial charge in [0.25, 0.3) is 0 Å². The van der Waals surface area contributed by atoms with Crippen LogP contribution in [0.15, 0.2) is 0 Å². The van der Waals surface area contributed by atoms with Gasteiger partial charge in [-0.15, -0.1) is 0 Å². The topological polar surface area (TPSA) is 151 Å². The minimum Gasteiger partial charge on any atom is -0.481 e. The molecule has 100 valence electrons. The first-order valence-corrected chi connectivity index (χ1v) is 5.99. The Hall–Kier alpha value is -0.990. The molecule has 0 rings (SSSR count). The smallest absolute Gasteiger partial charge is 0.469 e. The number of phosphoric ester groups is 1. The van der Waals surface area contributed by atoms with Crippen LogP contribution >= 0.6 is 7.82 Å². The zero-order valence-electron chi connectivity index (χ0n) is 8.68. The van der Waals surface area contributed by atoms with E-state index in [9.17, 15) is 14.2 Å². The Kier molecular flexibility index (Phi) is 6.93. The second-order valence-electron chi connectivity index (χ2n) is 3.02. The van der Waals surface area contributed by atoms with Gasteiger partial charge in [0.2, 0.25) is 0 Å². The summed E-state index contributed by atoms with van der Waals surface area (Å²) >= 11 is 0. The van der Waals surface area contributed by atoms with Crippen molar-refractivity contribution in [1.82, 2.24) is 0 Å². The Balaban J connectivity index is 3.69. The molecule has 10 heteroatoms. The fourth-order valence-corrected chi connectivity index (χ4v) is 1.07. The first kappa shape index (κ1) is 16.0. The normalized spacial score (nSPS) is 13.1. The molecule has 0 aromatic heterocycles. The lowest BCUT2D eigenvalue weighted by Gasteiger charge is -2.11. The fourth-order valence-electron chi connectivity index (χ4n) is 0.702. The first-order chi connectivity index (χ1) is 7.70. The number of phosphoric acid groups is 1. The Morgan fingerprint density at radius 2 is 1.76 bits per heavy atom. The number of aliphatic hydroxyl groups is 1. The van der Waals surface area contributed by atoms with Crippen LogP contribution < -0.4 is 0 Å². The summed E-state index contributed by atoms with van der Waals surface area (Å²) in [7, 11) is -4.67. The van der Waals surface area contributed by atoms with Gasteiger partial charge in [0, 0.05) is 0 Å². The molecule has 0 radical (unpaired) electrons. The Labute approximate surface area is 96.2 Å². The van der Waals surface area contributed by atoms with Crippen LogP contribution in [0.25, 0.3) is 0 Å². The first-order valence-electron chi connectivity index (χ1n) is 4.46. The summed E-state index contributed by atoms with van der Waals surface area (Å²) in [6.07, 6.45) is -2.13. The van der Waals surface area contributed by atoms with E-state index in [4.69, 9.17) is 20.0 Å². The van der Waals surface area contributed by atoms with E-state index in [1.807, 2.05) is 0 Å². The highest BCUT2D eigenvalue weighted by Gasteiger charge is 2.18. The molecule has 0 spiro atoms. The van der Waals surface area contributed by atoms with Crippen LogP contribution in [0.4, 0.5) is 0 Å². The lowest BCUT2D eigenvalue weighted by atomic mass is 10.3. The average Bonchev–Trinajstić information content (AvgIpc) is 2.19. The minimum absolute atomic E-state index is 0.346. The summed E-state index contributed by atoms with van der Waals surface area (Å²) in [6.45, 7) is -1.23. The van der Waals surface area contributed by atoms with E-state index in [-0.39, 0.29) is 6.42 Å². The number of aliphatic hydroxyl groups excluding tert-OH is 1. The van der Waals surface area contributed by atoms with Gasteiger partial charge in [-0.3, -0.25) is 14.1 Å². The Morgan fingerprint density at radius 3 is 2.24 bits per heavy atom. The number of carbonyl (C=O) groups is 2. The number of hydrogen-bond donors (Lipinski definition) is 4. The molecule has 1 unspecified atom stereocenters. The number of aliphatic carboxylic acids is 1. The highest BCUT2D eigenvalue weighted by Crippen LogP contribution is 2.35. The van der Waals surface area contributed by atoms with Crippen LogP contribution in [-0.4, -0.2) is 51.3 Å². The van der Waals surface area contributed by atoms with Crippen LogP contribution in [0.1, 0.15) is 12.8 Å². The number of carboxylic acid groups (broad SMARTS) is 1. The Morgan fingerprint density at radius 1 is 1.18 bits per heavy atom. The average molecular weight is 272 g/mol. The number of ether oxygens (including phenoxy) is 1. The van der Waals surface area contributed by atoms with Gasteiger partial charge >= 0.3 is 19.8 Å². The molecular weight excluding hydrogens is 259 g/mol. The van der Waals surface area contributed by atoms with Crippen molar-refractivity contribution in [3.63, 3.8) is 0 Å². The summed E-state index contributed by atoms with van der Waals surface area (Å²) in [4.78, 5) is 37.5. The van der Waals surface area contributed by atoms with Gasteiger partial charge < -0.3 is 24.7 Å². The molecule has 0 aliphatic carbocycles. The number of hydrogen-bond acceptors (Lipinski definition) is 6. The van der Waals surface area contributed by atoms with Crippen molar-refractivity contribution < 1.29 is 43.4 Å². The molecule has 0 saturated heterocycles. The van der Waals surface area contributed by atoms with Crippen molar-refractivity contribution in [2.45, 2.75) is 18.9 Å². The van der Waals surface area contributed by atoms with Gasteiger partial charge in [-0.05, 0) is 0 Å². The second-order valence-corrected chi connectivity index (χ2v) is 4.26. The summed E-state index contributed by atoms with van der Waals surface area (Å²) in [6, 6.07) is 0. The van der Waals surface area contributed by atoms with Crippen LogP contribution in [0, 0.1) is 0 Å². The van der Waals surface area contributed by atoms with E-state index >= 15 is 0 Å². The van der Waals surface area contributed by atoms with Crippen molar-refractivity contribution in [1.29, 1.82) is 0 Å². The van der Waals surface area contributed by atoms with E-state index < -0.39 is 45.5 Å². The number of carbonyl (C=O) groups excluding carboxylic acids is 1. The van der Waals surface area contributed by atoms with Crippen molar-refractivity contribution in [3.05, 3.63) is 0 Å². The summed E-state index contributed by atoms with van der Waals surface area (Å²) < 4.78 is 18.6. The quantitative estimate of drug-likeness (QED) is 0.317. The SMILES string of the molecule is O=C(O)CCC(=O)OCC(O)COP(=O)(O)O. The van der Waals surface area contributed by atoms with E-state index in [0.717, 1.165) is 0 Å². The molecule has 0 aliphatic rings. The van der Waals surface area contributed by atoms with Crippen molar-refractivity contribution in [3.8, 4) is 0 Å². The van der Waals surface area contributed by atoms with Crippen molar-refractivity contribution in [2.24, 2.45) is 0 Å². The van der Waals surface area contributed by atoms with E-state index in [1.54, 1.807) is 0 Å². The van der Waals surface area contributed by atoms with Crippen molar-refractivity contribution >= 4 is 19.8 Å². The molecule has 0 saturated carbocycles. The summed E-state index contributed by atoms with van der Waals surface area (Å²) in [5.41, 5.74) is 0. The predicted octanol–water partition coefficient (Wildman–Crippen LogP) is -1.14. The van der Waals surface area contributed by atoms with Gasteiger partial charge in [0.1, 0.15) is 12.7 Å². The zero-order chi connectivity index (χ0) is 13.5. The molecule has 0 fully saturated rings. The third kappa shape index (κ3) is 11.3. The molecule has 0 amide bonds. The molecule has 1 atom stereocenters. The standard InChI is InChI=1S/C7H13O9P/c8-5(4-16-17(12,13)14)3-15-7(11)2-1-6(9)10/h5,8H,1-4H2,(H,9,10)(H2,12,13,14). The monoisotopic (exact) mass is 272 g/mol. The molecule has 17 heavy (non-hydrogen) atoms. The summed E-state index contributed by atoms with van der Waals surface area (Å²) in [5.74, 6) is -1.99. The largest absolute Gasteiger partial charge is 0.481 e. The van der Waals surface area contributed by atoms with Gasteiger partial charge in [0.15, 0.2) is 0 Å². The number of esters is 1. The lowest BCUT2D eigenvalue weighted by molar-refractivity contribution is -0.150. The van der Waals surface area contributed by atoms with Crippen LogP contribution in [0.2, 0.25) is 0 Å². The van der Waals surface area contributed by atoms with Gasteiger partial charge in [-0.25, -0.2) is 4.57 Å². The third-order valence-corrected chi connectivity index (χ3v) is 1.90. The summed E-state index contributed by atoms with van der Waals surface area (Å²) in [5, 5.41) is 17.3. The molecule has 0 heterocycles. The highest BCUT2D eigenvalue weighted by molar-refractivity contribution is 7.46. The predicted molar refractivity (Wildman–Crippen MR) is 51.8 cm³/mol. The maximum absolute atomic E-state index is 10.9. The third-order valence-electron chi connectivity index (χ3n) is 1.41. The molecular formula is C7H13O9P. The molecule has 9 nitrogen and oxygen atoms in total. The molecule has 0 aromatic carbocycles. The van der Waals surface area contributed by atoms with Gasteiger partial charge in [-0.1, -0.05) is 0 Å². The van der Waals surface area contributed by atoms with Crippen LogP contribution in [0.3, 0.4) is 0 Å². The Bertz CT molecular complexity index is 308. The van der Waals surface area contributed by atoms with Gasteiger partial charge in [0.05, 0.1) is 19.4 Å². The number of rotatable bonds is 8. The number of carboxylic acids is 1. The van der Waals surface area contributed by atoms with Crippen LogP contribution in [0.5, 0.6) is 0 Å². The van der Waals surface area contributed by atoms with E-state index in [0.29, 0.717) is 0 Å². The maximum atomic E-state index is 10.9. The van der Waals surface area contributed by atoms with E-state index in [2.05, 4.69) is 9.26 Å². The molecule has 4 N–H and O–H groups in total. The van der Waals surface area contributed by atoms with E-state index in [1.165, 1.54) is 0 Å².